The third-order valence-electron chi connectivity index (χ3n) is 3.65. The third kappa shape index (κ3) is 2.17. The molecule has 0 bridgehead atoms. The van der Waals surface area contributed by atoms with Crippen molar-refractivity contribution in [2.75, 3.05) is 13.1 Å². The van der Waals surface area contributed by atoms with Crippen LogP contribution in [0, 0.1) is 5.92 Å². The van der Waals surface area contributed by atoms with Crippen LogP contribution in [0.3, 0.4) is 0 Å². The van der Waals surface area contributed by atoms with Gasteiger partial charge >= 0.3 is 0 Å². The Balaban J connectivity index is 1.94. The van der Waals surface area contributed by atoms with Gasteiger partial charge in [0.25, 0.3) is 0 Å². The second-order valence-corrected chi connectivity index (χ2v) is 4.97. The highest BCUT2D eigenvalue weighted by molar-refractivity contribution is 5.84. The van der Waals surface area contributed by atoms with E-state index in [4.69, 9.17) is 0 Å². The number of piperidine rings is 1. The van der Waals surface area contributed by atoms with Gasteiger partial charge in [0, 0.05) is 13.0 Å². The number of hydrogen-bond donors (Lipinski definition) is 0. The molecule has 1 saturated carbocycles. The Bertz CT molecular complexity index is 214. The van der Waals surface area contributed by atoms with Crippen molar-refractivity contribution in [1.29, 1.82) is 0 Å². The SMILES string of the molecule is CC1CCCN(C2CCCCC2=O)C1. The molecule has 2 rings (SSSR count). The molecule has 2 unspecified atom stereocenters. The number of ketones is 1. The average Bonchev–Trinajstić information content (AvgIpc) is 2.18. The average molecular weight is 195 g/mol. The first kappa shape index (κ1) is 10.2. The van der Waals surface area contributed by atoms with E-state index < -0.39 is 0 Å². The number of carbonyl (C=O) groups excluding carboxylic acids is 1. The highest BCUT2D eigenvalue weighted by Gasteiger charge is 2.30. The van der Waals surface area contributed by atoms with Crippen LogP contribution in [0.25, 0.3) is 0 Å². The minimum absolute atomic E-state index is 0.284. The summed E-state index contributed by atoms with van der Waals surface area (Å²) in [6.45, 7) is 4.61. The lowest BCUT2D eigenvalue weighted by molar-refractivity contribution is -0.126. The van der Waals surface area contributed by atoms with Crippen molar-refractivity contribution in [3.63, 3.8) is 0 Å². The quantitative estimate of drug-likeness (QED) is 0.639. The summed E-state index contributed by atoms with van der Waals surface area (Å²) in [5, 5.41) is 0. The lowest BCUT2D eigenvalue weighted by Crippen LogP contribution is -2.47. The van der Waals surface area contributed by atoms with E-state index in [2.05, 4.69) is 11.8 Å². The monoisotopic (exact) mass is 195 g/mol. The van der Waals surface area contributed by atoms with Crippen LogP contribution in [0.15, 0.2) is 0 Å². The molecule has 1 aliphatic heterocycles. The van der Waals surface area contributed by atoms with Crippen LogP contribution >= 0.6 is 0 Å². The molecule has 0 radical (unpaired) electrons. The Morgan fingerprint density at radius 2 is 2.07 bits per heavy atom. The molecule has 0 aromatic heterocycles. The molecule has 0 aromatic carbocycles. The van der Waals surface area contributed by atoms with E-state index in [1.54, 1.807) is 0 Å². The Kier molecular flexibility index (Phi) is 3.22. The van der Waals surface area contributed by atoms with Crippen LogP contribution in [0.1, 0.15) is 45.4 Å². The Labute approximate surface area is 86.7 Å². The van der Waals surface area contributed by atoms with E-state index in [-0.39, 0.29) is 6.04 Å². The largest absolute Gasteiger partial charge is 0.298 e. The second-order valence-electron chi connectivity index (χ2n) is 4.97. The Hall–Kier alpha value is -0.370. The number of carbonyl (C=O) groups is 1. The van der Waals surface area contributed by atoms with E-state index in [9.17, 15) is 4.79 Å². The van der Waals surface area contributed by atoms with Crippen molar-refractivity contribution in [1.82, 2.24) is 4.90 Å². The summed E-state index contributed by atoms with van der Waals surface area (Å²) in [5.74, 6) is 1.30. The maximum atomic E-state index is 11.8. The molecular formula is C12H21NO. The molecule has 1 heterocycles. The van der Waals surface area contributed by atoms with Crippen molar-refractivity contribution in [2.45, 2.75) is 51.5 Å². The number of nitrogens with zero attached hydrogens (tertiary/aromatic N) is 1. The summed E-state index contributed by atoms with van der Waals surface area (Å²) in [7, 11) is 0. The Morgan fingerprint density at radius 1 is 1.21 bits per heavy atom. The van der Waals surface area contributed by atoms with E-state index in [1.165, 1.54) is 19.3 Å². The summed E-state index contributed by atoms with van der Waals surface area (Å²) in [5.41, 5.74) is 0. The van der Waals surface area contributed by atoms with E-state index >= 15 is 0 Å². The van der Waals surface area contributed by atoms with Crippen LogP contribution in [-0.2, 0) is 4.79 Å². The van der Waals surface area contributed by atoms with Crippen LogP contribution in [0.4, 0.5) is 0 Å². The molecule has 0 spiro atoms. The maximum Gasteiger partial charge on any atom is 0.149 e. The van der Waals surface area contributed by atoms with Crippen molar-refractivity contribution in [3.8, 4) is 0 Å². The molecule has 1 saturated heterocycles. The van der Waals surface area contributed by atoms with E-state index in [0.717, 1.165) is 38.3 Å². The van der Waals surface area contributed by atoms with Gasteiger partial charge in [0.2, 0.25) is 0 Å². The first-order chi connectivity index (χ1) is 6.77. The Morgan fingerprint density at radius 3 is 2.79 bits per heavy atom. The minimum Gasteiger partial charge on any atom is -0.298 e. The molecule has 0 amide bonds. The molecule has 0 aromatic rings. The number of likely N-dealkylation sites (tertiary alicyclic amines) is 1. The predicted molar refractivity (Wildman–Crippen MR) is 57.2 cm³/mol. The van der Waals surface area contributed by atoms with Gasteiger partial charge in [-0.1, -0.05) is 13.3 Å². The lowest BCUT2D eigenvalue weighted by Gasteiger charge is -2.38. The molecule has 2 nitrogen and oxygen atoms in total. The summed E-state index contributed by atoms with van der Waals surface area (Å²) in [4.78, 5) is 14.2. The maximum absolute atomic E-state index is 11.8. The summed E-state index contributed by atoms with van der Waals surface area (Å²) in [6, 6.07) is 0.284. The topological polar surface area (TPSA) is 20.3 Å². The van der Waals surface area contributed by atoms with Gasteiger partial charge in [-0.3, -0.25) is 9.69 Å². The van der Waals surface area contributed by atoms with Gasteiger partial charge in [-0.25, -0.2) is 0 Å². The molecule has 2 atom stereocenters. The van der Waals surface area contributed by atoms with Crippen LogP contribution in [0.5, 0.6) is 0 Å². The zero-order valence-corrected chi connectivity index (χ0v) is 9.17. The smallest absolute Gasteiger partial charge is 0.149 e. The number of Topliss-reactive ketones (excluding diaryl/α,β-unsaturated/α-hetero) is 1. The zero-order chi connectivity index (χ0) is 9.97. The molecule has 80 valence electrons. The predicted octanol–water partition coefficient (Wildman–Crippen LogP) is 2.23. The van der Waals surface area contributed by atoms with Crippen molar-refractivity contribution in [2.24, 2.45) is 5.92 Å². The molecule has 2 fully saturated rings. The lowest BCUT2D eigenvalue weighted by atomic mass is 9.90. The highest BCUT2D eigenvalue weighted by atomic mass is 16.1. The van der Waals surface area contributed by atoms with Gasteiger partial charge < -0.3 is 0 Å². The zero-order valence-electron chi connectivity index (χ0n) is 9.17. The standard InChI is InChI=1S/C12H21NO/c1-10-5-4-8-13(9-10)11-6-2-3-7-12(11)14/h10-11H,2-9H2,1H3. The molecular weight excluding hydrogens is 174 g/mol. The fraction of sp³-hybridized carbons (Fsp3) is 0.917. The summed E-state index contributed by atoms with van der Waals surface area (Å²) < 4.78 is 0. The van der Waals surface area contributed by atoms with Crippen LogP contribution in [-0.4, -0.2) is 29.8 Å². The van der Waals surface area contributed by atoms with E-state index in [0.29, 0.717) is 5.78 Å². The van der Waals surface area contributed by atoms with Crippen molar-refractivity contribution >= 4 is 5.78 Å². The number of hydrogen-bond acceptors (Lipinski definition) is 2. The van der Waals surface area contributed by atoms with Gasteiger partial charge in [0.15, 0.2) is 0 Å². The van der Waals surface area contributed by atoms with Crippen LogP contribution in [0.2, 0.25) is 0 Å². The fourth-order valence-corrected chi connectivity index (χ4v) is 2.86. The van der Waals surface area contributed by atoms with Gasteiger partial charge in [-0.15, -0.1) is 0 Å². The molecule has 14 heavy (non-hydrogen) atoms. The first-order valence-electron chi connectivity index (χ1n) is 6.04. The minimum atomic E-state index is 0.284. The van der Waals surface area contributed by atoms with Gasteiger partial charge in [0.1, 0.15) is 5.78 Å². The normalized spacial score (nSPS) is 35.9. The summed E-state index contributed by atoms with van der Waals surface area (Å²) in [6.07, 6.45) is 6.95. The molecule has 2 heteroatoms. The summed E-state index contributed by atoms with van der Waals surface area (Å²) >= 11 is 0. The van der Waals surface area contributed by atoms with Gasteiger partial charge in [0.05, 0.1) is 6.04 Å². The van der Waals surface area contributed by atoms with Gasteiger partial charge in [-0.05, 0) is 38.1 Å². The van der Waals surface area contributed by atoms with Crippen molar-refractivity contribution in [3.05, 3.63) is 0 Å². The van der Waals surface area contributed by atoms with Crippen LogP contribution < -0.4 is 0 Å². The molecule has 1 aliphatic carbocycles. The van der Waals surface area contributed by atoms with Gasteiger partial charge in [-0.2, -0.15) is 0 Å². The first-order valence-corrected chi connectivity index (χ1v) is 6.04. The fourth-order valence-electron chi connectivity index (χ4n) is 2.86. The number of rotatable bonds is 1. The van der Waals surface area contributed by atoms with E-state index in [1.807, 2.05) is 0 Å². The highest BCUT2D eigenvalue weighted by Crippen LogP contribution is 2.24. The molecule has 0 N–H and O–H groups in total. The van der Waals surface area contributed by atoms with Crippen molar-refractivity contribution < 1.29 is 4.79 Å². The molecule has 2 aliphatic rings. The second kappa shape index (κ2) is 4.43. The third-order valence-corrected chi connectivity index (χ3v) is 3.65.